The summed E-state index contributed by atoms with van der Waals surface area (Å²) >= 11 is 1.24. The number of hydrogen-bond acceptors (Lipinski definition) is 5. The van der Waals surface area contributed by atoms with Crippen LogP contribution in [-0.4, -0.2) is 44.4 Å². The minimum absolute atomic E-state index is 0.117. The second-order valence-corrected chi connectivity index (χ2v) is 10.5. The maximum absolute atomic E-state index is 13.0. The third kappa shape index (κ3) is 4.56. The average molecular weight is 423 g/mol. The number of methoxy groups -OCH3 is 1. The van der Waals surface area contributed by atoms with E-state index in [1.54, 1.807) is 19.2 Å². The molecule has 3 rings (SSSR count). The highest BCUT2D eigenvalue weighted by molar-refractivity contribution is 7.91. The van der Waals surface area contributed by atoms with Gasteiger partial charge in [0.1, 0.15) is 16.0 Å². The van der Waals surface area contributed by atoms with E-state index in [9.17, 15) is 13.2 Å². The maximum Gasteiger partial charge on any atom is 0.253 e. The Morgan fingerprint density at radius 3 is 2.82 bits per heavy atom. The molecule has 2 unspecified atom stereocenters. The molecule has 28 heavy (non-hydrogen) atoms. The molecule has 1 fully saturated rings. The standard InChI is InChI=1S/C20H26N2O4S2/c1-14(12-16-6-4-7-17(13-16)26-3)21-20(23)18-8-5-11-22(18)28(24,25)19-10-9-15(2)27-19/h4,6-7,9-10,13-14,18H,5,8,11-12H2,1-3H3,(H,21,23). The van der Waals surface area contributed by atoms with Gasteiger partial charge >= 0.3 is 0 Å². The molecule has 0 saturated carbocycles. The molecule has 0 aliphatic carbocycles. The van der Waals surface area contributed by atoms with Crippen LogP contribution >= 0.6 is 11.3 Å². The first kappa shape index (κ1) is 20.8. The molecule has 0 spiro atoms. The molecule has 0 bridgehead atoms. The fourth-order valence-electron chi connectivity index (χ4n) is 3.50. The minimum atomic E-state index is -3.64. The van der Waals surface area contributed by atoms with Gasteiger partial charge in [-0.25, -0.2) is 8.42 Å². The van der Waals surface area contributed by atoms with Crippen LogP contribution in [-0.2, 0) is 21.2 Å². The lowest BCUT2D eigenvalue weighted by Crippen LogP contribution is -2.48. The summed E-state index contributed by atoms with van der Waals surface area (Å²) in [4.78, 5) is 13.8. The summed E-state index contributed by atoms with van der Waals surface area (Å²) < 4.78 is 32.8. The second kappa shape index (κ2) is 8.63. The number of nitrogens with zero attached hydrogens (tertiary/aromatic N) is 1. The lowest BCUT2D eigenvalue weighted by molar-refractivity contribution is -0.124. The fourth-order valence-corrected chi connectivity index (χ4v) is 6.57. The summed E-state index contributed by atoms with van der Waals surface area (Å²) in [5, 5.41) is 2.98. The van der Waals surface area contributed by atoms with Crippen LogP contribution in [0.25, 0.3) is 0 Å². The number of amides is 1. The third-order valence-electron chi connectivity index (χ3n) is 4.85. The third-order valence-corrected chi connectivity index (χ3v) is 8.23. The Morgan fingerprint density at radius 1 is 1.36 bits per heavy atom. The second-order valence-electron chi connectivity index (χ2n) is 7.10. The predicted molar refractivity (Wildman–Crippen MR) is 110 cm³/mol. The number of ether oxygens (including phenoxy) is 1. The quantitative estimate of drug-likeness (QED) is 0.744. The molecule has 6 nitrogen and oxygen atoms in total. The molecule has 1 aromatic heterocycles. The number of rotatable bonds is 7. The van der Waals surface area contributed by atoms with Gasteiger partial charge in [-0.05, 0) is 62.9 Å². The number of carbonyl (C=O) groups excluding carboxylic acids is 1. The van der Waals surface area contributed by atoms with Crippen molar-refractivity contribution in [2.75, 3.05) is 13.7 Å². The maximum atomic E-state index is 13.0. The van der Waals surface area contributed by atoms with E-state index in [0.717, 1.165) is 16.2 Å². The Kier molecular flexibility index (Phi) is 6.42. The molecule has 2 aromatic rings. The molecule has 8 heteroatoms. The van der Waals surface area contributed by atoms with Gasteiger partial charge in [-0.3, -0.25) is 4.79 Å². The zero-order chi connectivity index (χ0) is 20.3. The Balaban J connectivity index is 1.67. The van der Waals surface area contributed by atoms with Gasteiger partial charge in [0, 0.05) is 17.5 Å². The fraction of sp³-hybridized carbons (Fsp3) is 0.450. The van der Waals surface area contributed by atoms with Crippen molar-refractivity contribution in [1.29, 1.82) is 0 Å². The zero-order valence-corrected chi connectivity index (χ0v) is 18.0. The summed E-state index contributed by atoms with van der Waals surface area (Å²) in [7, 11) is -2.02. The van der Waals surface area contributed by atoms with Gasteiger partial charge in [0.15, 0.2) is 0 Å². The first-order chi connectivity index (χ1) is 13.3. The van der Waals surface area contributed by atoms with Crippen molar-refractivity contribution in [2.45, 2.75) is 49.4 Å². The predicted octanol–water partition coefficient (Wildman–Crippen LogP) is 2.97. The Labute approximate surface area is 170 Å². The van der Waals surface area contributed by atoms with Crippen LogP contribution in [0.4, 0.5) is 0 Å². The molecular formula is C20H26N2O4S2. The number of hydrogen-bond donors (Lipinski definition) is 1. The SMILES string of the molecule is COc1cccc(CC(C)NC(=O)C2CCCN2S(=O)(=O)c2ccc(C)s2)c1. The Morgan fingerprint density at radius 2 is 2.14 bits per heavy atom. The first-order valence-electron chi connectivity index (χ1n) is 9.33. The lowest BCUT2D eigenvalue weighted by Gasteiger charge is -2.24. The van der Waals surface area contributed by atoms with Crippen molar-refractivity contribution >= 4 is 27.3 Å². The van der Waals surface area contributed by atoms with Gasteiger partial charge < -0.3 is 10.1 Å². The summed E-state index contributed by atoms with van der Waals surface area (Å²) in [6, 6.07) is 10.4. The van der Waals surface area contributed by atoms with Crippen LogP contribution in [0.15, 0.2) is 40.6 Å². The molecule has 152 valence electrons. The normalized spacial score (nSPS) is 18.8. The molecule has 2 atom stereocenters. The van der Waals surface area contributed by atoms with Gasteiger partial charge in [-0.2, -0.15) is 4.31 Å². The van der Waals surface area contributed by atoms with E-state index in [-0.39, 0.29) is 11.9 Å². The van der Waals surface area contributed by atoms with Crippen molar-refractivity contribution in [3.63, 3.8) is 0 Å². The molecule has 2 heterocycles. The number of sulfonamides is 1. The molecule has 1 N–H and O–H groups in total. The van der Waals surface area contributed by atoms with E-state index in [4.69, 9.17) is 4.74 Å². The number of nitrogens with one attached hydrogen (secondary N) is 1. The van der Waals surface area contributed by atoms with Crippen molar-refractivity contribution in [1.82, 2.24) is 9.62 Å². The van der Waals surface area contributed by atoms with Crippen molar-refractivity contribution < 1.29 is 17.9 Å². The number of benzene rings is 1. The van der Waals surface area contributed by atoms with Gasteiger partial charge in [-0.1, -0.05) is 12.1 Å². The zero-order valence-electron chi connectivity index (χ0n) is 16.3. The van der Waals surface area contributed by atoms with E-state index >= 15 is 0 Å². The Bertz CT molecular complexity index is 939. The average Bonchev–Trinajstić information content (AvgIpc) is 3.31. The smallest absolute Gasteiger partial charge is 0.253 e. The summed E-state index contributed by atoms with van der Waals surface area (Å²) in [5.74, 6) is 0.542. The van der Waals surface area contributed by atoms with Crippen molar-refractivity contribution in [3.8, 4) is 5.75 Å². The summed E-state index contributed by atoms with van der Waals surface area (Å²) in [6.07, 6.45) is 1.87. The number of carbonyl (C=O) groups is 1. The highest BCUT2D eigenvalue weighted by Crippen LogP contribution is 2.30. The molecule has 0 radical (unpaired) electrons. The van der Waals surface area contributed by atoms with E-state index in [1.807, 2.05) is 38.1 Å². The van der Waals surface area contributed by atoms with Crippen molar-refractivity contribution in [2.24, 2.45) is 0 Å². The minimum Gasteiger partial charge on any atom is -0.497 e. The highest BCUT2D eigenvalue weighted by Gasteiger charge is 2.40. The summed E-state index contributed by atoms with van der Waals surface area (Å²) in [6.45, 7) is 4.17. The van der Waals surface area contributed by atoms with Gasteiger partial charge in [0.2, 0.25) is 5.91 Å². The van der Waals surface area contributed by atoms with Crippen LogP contribution in [0.2, 0.25) is 0 Å². The van der Waals surface area contributed by atoms with E-state index in [2.05, 4.69) is 5.32 Å². The van der Waals surface area contributed by atoms with Gasteiger partial charge in [-0.15, -0.1) is 11.3 Å². The number of thiophene rings is 1. The van der Waals surface area contributed by atoms with Gasteiger partial charge in [0.05, 0.1) is 7.11 Å². The molecule has 1 aliphatic rings. The largest absolute Gasteiger partial charge is 0.497 e. The van der Waals surface area contributed by atoms with Crippen LogP contribution in [0.3, 0.4) is 0 Å². The Hall–Kier alpha value is -1.90. The molecule has 1 amide bonds. The van der Waals surface area contributed by atoms with Crippen LogP contribution in [0.1, 0.15) is 30.2 Å². The van der Waals surface area contributed by atoms with Crippen molar-refractivity contribution in [3.05, 3.63) is 46.8 Å². The monoisotopic (exact) mass is 422 g/mol. The van der Waals surface area contributed by atoms with Crippen LogP contribution < -0.4 is 10.1 Å². The molecule has 1 aliphatic heterocycles. The topological polar surface area (TPSA) is 75.7 Å². The highest BCUT2D eigenvalue weighted by atomic mass is 32.2. The molecule has 1 aromatic carbocycles. The van der Waals surface area contributed by atoms with E-state index in [1.165, 1.54) is 15.6 Å². The summed E-state index contributed by atoms with van der Waals surface area (Å²) in [5.41, 5.74) is 1.05. The van der Waals surface area contributed by atoms with E-state index in [0.29, 0.717) is 30.0 Å². The number of aryl methyl sites for hydroxylation is 1. The van der Waals surface area contributed by atoms with Gasteiger partial charge in [0.25, 0.3) is 10.0 Å². The molecular weight excluding hydrogens is 396 g/mol. The van der Waals surface area contributed by atoms with Crippen LogP contribution in [0, 0.1) is 6.92 Å². The lowest BCUT2D eigenvalue weighted by atomic mass is 10.1. The molecule has 1 saturated heterocycles. The first-order valence-corrected chi connectivity index (χ1v) is 11.6. The van der Waals surface area contributed by atoms with Crippen LogP contribution in [0.5, 0.6) is 5.75 Å². The van der Waals surface area contributed by atoms with E-state index < -0.39 is 16.1 Å².